The molecule has 0 radical (unpaired) electrons. The summed E-state index contributed by atoms with van der Waals surface area (Å²) in [6, 6.07) is 15.2. The van der Waals surface area contributed by atoms with Crippen LogP contribution in [0.1, 0.15) is 36.9 Å². The highest BCUT2D eigenvalue weighted by atomic mass is 35.5. The second-order valence-corrected chi connectivity index (χ2v) is 7.48. The Hall–Kier alpha value is -3.65. The number of hydrazone groups is 1. The van der Waals surface area contributed by atoms with Crippen molar-refractivity contribution in [1.29, 1.82) is 0 Å². The molecule has 0 saturated heterocycles. The summed E-state index contributed by atoms with van der Waals surface area (Å²) in [5, 5.41) is 17.0. The van der Waals surface area contributed by atoms with Gasteiger partial charge in [-0.1, -0.05) is 54.9 Å². The molecular weight excluding hydrogens is 420 g/mol. The Morgan fingerprint density at radius 2 is 1.94 bits per heavy atom. The molecule has 1 aromatic heterocycles. The summed E-state index contributed by atoms with van der Waals surface area (Å²) in [5.41, 5.74) is -0.406. The summed E-state index contributed by atoms with van der Waals surface area (Å²) in [6.07, 6.45) is 0.435. The number of carbonyl (C=O) groups is 1. The minimum Gasteiger partial charge on any atom is -0.493 e. The number of aromatic amines is 1. The largest absolute Gasteiger partial charge is 0.493 e. The van der Waals surface area contributed by atoms with E-state index in [1.54, 1.807) is 25.1 Å². The Bertz CT molecular complexity index is 1300. The van der Waals surface area contributed by atoms with Crippen molar-refractivity contribution in [3.8, 4) is 11.6 Å². The van der Waals surface area contributed by atoms with Crippen LogP contribution in [0.3, 0.4) is 0 Å². The molecule has 1 aliphatic rings. The van der Waals surface area contributed by atoms with Crippen molar-refractivity contribution in [3.05, 3.63) is 91.6 Å². The van der Waals surface area contributed by atoms with Gasteiger partial charge in [-0.2, -0.15) is 5.10 Å². The van der Waals surface area contributed by atoms with Gasteiger partial charge in [-0.3, -0.25) is 14.6 Å². The highest BCUT2D eigenvalue weighted by Crippen LogP contribution is 2.34. The third kappa shape index (κ3) is 3.77. The zero-order chi connectivity index (χ0) is 22.1. The molecule has 9 heteroatoms. The summed E-state index contributed by atoms with van der Waals surface area (Å²) in [6.45, 7) is 1.72. The van der Waals surface area contributed by atoms with E-state index in [0.29, 0.717) is 5.02 Å². The molecule has 2 N–H and O–H groups in total. The lowest BCUT2D eigenvalue weighted by atomic mass is 9.99. The molecule has 8 nitrogen and oxygen atoms in total. The van der Waals surface area contributed by atoms with E-state index in [1.807, 2.05) is 30.3 Å². The molecule has 1 amide bonds. The van der Waals surface area contributed by atoms with Gasteiger partial charge in [0.25, 0.3) is 5.56 Å². The van der Waals surface area contributed by atoms with Crippen LogP contribution in [-0.2, 0) is 4.79 Å². The molecule has 1 atom stereocenters. The van der Waals surface area contributed by atoms with Crippen molar-refractivity contribution < 1.29 is 9.90 Å². The van der Waals surface area contributed by atoms with Crippen molar-refractivity contribution in [1.82, 2.24) is 14.6 Å². The molecule has 3 aromatic rings. The molecule has 158 valence electrons. The zero-order valence-corrected chi connectivity index (χ0v) is 17.3. The number of nitrogens with one attached hydrogen (secondary N) is 1. The quantitative estimate of drug-likeness (QED) is 0.652. The molecule has 0 aliphatic carbocycles. The molecule has 0 spiro atoms. The van der Waals surface area contributed by atoms with E-state index in [0.717, 1.165) is 10.1 Å². The highest BCUT2D eigenvalue weighted by Gasteiger charge is 2.35. The van der Waals surface area contributed by atoms with E-state index in [1.165, 1.54) is 11.1 Å². The molecule has 0 saturated carbocycles. The number of rotatable bonds is 4. The summed E-state index contributed by atoms with van der Waals surface area (Å²) >= 11 is 6.02. The van der Waals surface area contributed by atoms with Gasteiger partial charge in [0.2, 0.25) is 11.8 Å². The number of carbonyl (C=O) groups excluding carboxylic acids is 1. The lowest BCUT2D eigenvalue weighted by Gasteiger charge is -2.21. The van der Waals surface area contributed by atoms with Crippen LogP contribution in [0.2, 0.25) is 5.02 Å². The van der Waals surface area contributed by atoms with E-state index in [9.17, 15) is 19.5 Å². The number of amides is 1. The standard InChI is InChI=1S/C22H19ClN4O4/c1-2-18(28)27-17(13-7-4-3-5-8-13)12-16(25-27)19-20(29)24-22(31)26(21(19)30)15-10-6-9-14(23)11-15/h3-11,17,30H,2,12H2,1H3,(H,24,29,31)/t17-/m1/s1. The fraction of sp³-hybridized carbons (Fsp3) is 0.182. The maximum Gasteiger partial charge on any atom is 0.335 e. The van der Waals surface area contributed by atoms with Crippen LogP contribution in [0.25, 0.3) is 5.69 Å². The van der Waals surface area contributed by atoms with Crippen LogP contribution in [0.15, 0.2) is 69.3 Å². The maximum absolute atomic E-state index is 12.6. The molecule has 0 bridgehead atoms. The van der Waals surface area contributed by atoms with Gasteiger partial charge >= 0.3 is 5.69 Å². The van der Waals surface area contributed by atoms with Gasteiger partial charge in [-0.15, -0.1) is 0 Å². The number of aromatic nitrogens is 2. The first-order chi connectivity index (χ1) is 14.9. The molecule has 2 heterocycles. The third-order valence-corrected chi connectivity index (χ3v) is 5.33. The smallest absolute Gasteiger partial charge is 0.335 e. The average molecular weight is 439 g/mol. The van der Waals surface area contributed by atoms with Crippen molar-refractivity contribution in [2.75, 3.05) is 0 Å². The Labute approximate surface area is 182 Å². The molecular formula is C22H19ClN4O4. The van der Waals surface area contributed by atoms with Gasteiger partial charge in [0.1, 0.15) is 5.56 Å². The summed E-state index contributed by atoms with van der Waals surface area (Å²) in [4.78, 5) is 39.8. The molecule has 0 unspecified atom stereocenters. The van der Waals surface area contributed by atoms with Crippen molar-refractivity contribution in [3.63, 3.8) is 0 Å². The average Bonchev–Trinajstić information content (AvgIpc) is 3.18. The predicted octanol–water partition coefficient (Wildman–Crippen LogP) is 2.97. The highest BCUT2D eigenvalue weighted by molar-refractivity contribution is 6.30. The van der Waals surface area contributed by atoms with Crippen molar-refractivity contribution in [2.45, 2.75) is 25.8 Å². The van der Waals surface area contributed by atoms with Crippen LogP contribution in [0.5, 0.6) is 5.88 Å². The number of benzene rings is 2. The Morgan fingerprint density at radius 1 is 1.19 bits per heavy atom. The number of aromatic hydroxyl groups is 1. The first-order valence-corrected chi connectivity index (χ1v) is 10.1. The summed E-state index contributed by atoms with van der Waals surface area (Å²) in [5.74, 6) is -0.782. The first-order valence-electron chi connectivity index (χ1n) is 9.69. The van der Waals surface area contributed by atoms with Gasteiger partial charge < -0.3 is 5.11 Å². The lowest BCUT2D eigenvalue weighted by Crippen LogP contribution is -2.33. The fourth-order valence-electron chi connectivity index (χ4n) is 3.63. The van der Waals surface area contributed by atoms with Crippen molar-refractivity contribution in [2.24, 2.45) is 5.10 Å². The SMILES string of the molecule is CCC(=O)N1N=C(c2c(O)n(-c3cccc(Cl)c3)c(=O)[nH]c2=O)C[C@@H]1c1ccccc1. The molecule has 4 rings (SSSR count). The second kappa shape index (κ2) is 8.23. The van der Waals surface area contributed by atoms with Crippen LogP contribution < -0.4 is 11.2 Å². The van der Waals surface area contributed by atoms with Gasteiger partial charge in [0, 0.05) is 17.9 Å². The second-order valence-electron chi connectivity index (χ2n) is 7.04. The number of hydrogen-bond donors (Lipinski definition) is 2. The van der Waals surface area contributed by atoms with Crippen LogP contribution in [0, 0.1) is 0 Å². The van der Waals surface area contributed by atoms with Crippen LogP contribution in [-0.4, -0.2) is 31.3 Å². The fourth-order valence-corrected chi connectivity index (χ4v) is 3.81. The predicted molar refractivity (Wildman–Crippen MR) is 117 cm³/mol. The summed E-state index contributed by atoms with van der Waals surface area (Å²) < 4.78 is 0.951. The number of halogens is 1. The summed E-state index contributed by atoms with van der Waals surface area (Å²) in [7, 11) is 0. The van der Waals surface area contributed by atoms with Gasteiger partial charge in [0.05, 0.1) is 17.4 Å². The Morgan fingerprint density at radius 3 is 2.61 bits per heavy atom. The van der Waals surface area contributed by atoms with E-state index in [2.05, 4.69) is 10.1 Å². The third-order valence-electron chi connectivity index (χ3n) is 5.09. The van der Waals surface area contributed by atoms with Crippen LogP contribution >= 0.6 is 11.6 Å². The van der Waals surface area contributed by atoms with Crippen LogP contribution in [0.4, 0.5) is 0 Å². The topological polar surface area (TPSA) is 108 Å². The maximum atomic E-state index is 12.6. The normalized spacial score (nSPS) is 15.7. The van der Waals surface area contributed by atoms with E-state index < -0.39 is 23.2 Å². The Balaban J connectivity index is 1.86. The number of nitrogens with zero attached hydrogens (tertiary/aromatic N) is 3. The first kappa shape index (κ1) is 20.6. The van der Waals surface area contributed by atoms with E-state index >= 15 is 0 Å². The number of H-pyrrole nitrogens is 1. The molecule has 31 heavy (non-hydrogen) atoms. The van der Waals surface area contributed by atoms with E-state index in [4.69, 9.17) is 11.6 Å². The zero-order valence-electron chi connectivity index (χ0n) is 16.6. The monoisotopic (exact) mass is 438 g/mol. The van der Waals surface area contributed by atoms with Gasteiger partial charge in [0.15, 0.2) is 0 Å². The van der Waals surface area contributed by atoms with Gasteiger partial charge in [-0.25, -0.2) is 14.4 Å². The van der Waals surface area contributed by atoms with Gasteiger partial charge in [-0.05, 0) is 23.8 Å². The minimum absolute atomic E-state index is 0.160. The minimum atomic E-state index is -0.812. The van der Waals surface area contributed by atoms with Crippen molar-refractivity contribution >= 4 is 23.2 Å². The number of hydrogen-bond acceptors (Lipinski definition) is 5. The van der Waals surface area contributed by atoms with E-state index in [-0.39, 0.29) is 35.7 Å². The molecule has 0 fully saturated rings. The molecule has 2 aromatic carbocycles. The lowest BCUT2D eigenvalue weighted by molar-refractivity contribution is -0.132. The molecule has 1 aliphatic heterocycles. The Kier molecular flexibility index (Phi) is 5.48.